The van der Waals surface area contributed by atoms with Crippen LogP contribution in [0.4, 0.5) is 0 Å². The molecule has 0 heterocycles. The minimum atomic E-state index is -2.50. The van der Waals surface area contributed by atoms with Gasteiger partial charge in [0.25, 0.3) is 0 Å². The van der Waals surface area contributed by atoms with Gasteiger partial charge in [-0.25, -0.2) is 0 Å². The second-order valence-electron chi connectivity index (χ2n) is 3.30. The maximum absolute atomic E-state index is 12.0. The van der Waals surface area contributed by atoms with Crippen LogP contribution in [0.5, 0.6) is 0 Å². The van der Waals surface area contributed by atoms with Gasteiger partial charge in [-0.2, -0.15) is 0 Å². The van der Waals surface area contributed by atoms with Crippen molar-refractivity contribution < 1.29 is 9.09 Å². The lowest BCUT2D eigenvalue weighted by Crippen LogP contribution is -1.98. The van der Waals surface area contributed by atoms with Crippen LogP contribution in [0.1, 0.15) is 26.2 Å². The highest BCUT2D eigenvalue weighted by Crippen LogP contribution is 2.46. The fourth-order valence-electron chi connectivity index (χ4n) is 1.16. The van der Waals surface area contributed by atoms with E-state index in [2.05, 4.69) is 20.1 Å². The molecule has 0 aromatic rings. The van der Waals surface area contributed by atoms with Crippen molar-refractivity contribution in [3.05, 3.63) is 25.3 Å². The van der Waals surface area contributed by atoms with Crippen molar-refractivity contribution in [3.8, 4) is 0 Å². The van der Waals surface area contributed by atoms with E-state index in [0.717, 1.165) is 19.3 Å². The zero-order valence-corrected chi connectivity index (χ0v) is 9.97. The monoisotopic (exact) mass is 216 g/mol. The minimum absolute atomic E-state index is 0.450. The lowest BCUT2D eigenvalue weighted by atomic mass is 10.3. The van der Waals surface area contributed by atoms with E-state index in [0.29, 0.717) is 18.9 Å². The van der Waals surface area contributed by atoms with Gasteiger partial charge in [-0.05, 0) is 6.42 Å². The quantitative estimate of drug-likeness (QED) is 0.332. The Morgan fingerprint density at radius 3 is 2.21 bits per heavy atom. The fourth-order valence-corrected chi connectivity index (χ4v) is 2.76. The molecule has 14 heavy (non-hydrogen) atoms. The van der Waals surface area contributed by atoms with Crippen LogP contribution in [0, 0.1) is 0 Å². The van der Waals surface area contributed by atoms with Crippen molar-refractivity contribution in [2.75, 3.05) is 18.9 Å². The van der Waals surface area contributed by atoms with E-state index in [4.69, 9.17) is 4.52 Å². The number of rotatable bonds is 9. The first-order valence-electron chi connectivity index (χ1n) is 5.13. The van der Waals surface area contributed by atoms with E-state index in [-0.39, 0.29) is 0 Å². The molecule has 0 unspecified atom stereocenters. The Hall–Kier alpha value is -0.330. The van der Waals surface area contributed by atoms with E-state index in [1.54, 1.807) is 12.2 Å². The molecule has 0 aliphatic carbocycles. The molecular formula is C11H21O2P. The molecule has 0 amide bonds. The lowest BCUT2D eigenvalue weighted by molar-refractivity contribution is 0.306. The third-order valence-corrected chi connectivity index (χ3v) is 4.17. The summed E-state index contributed by atoms with van der Waals surface area (Å²) in [5.74, 6) is 0. The second-order valence-corrected chi connectivity index (χ2v) is 5.91. The van der Waals surface area contributed by atoms with Gasteiger partial charge in [0.2, 0.25) is 7.37 Å². The summed E-state index contributed by atoms with van der Waals surface area (Å²) in [6.45, 7) is 9.89. The van der Waals surface area contributed by atoms with Crippen LogP contribution in [0.25, 0.3) is 0 Å². The summed E-state index contributed by atoms with van der Waals surface area (Å²) in [6.07, 6.45) is 7.47. The van der Waals surface area contributed by atoms with Crippen molar-refractivity contribution in [3.63, 3.8) is 0 Å². The average Bonchev–Trinajstić information content (AvgIpc) is 2.13. The number of allylic oxidation sites excluding steroid dienone is 2. The van der Waals surface area contributed by atoms with Gasteiger partial charge in [0.15, 0.2) is 0 Å². The molecule has 0 rings (SSSR count). The topological polar surface area (TPSA) is 26.3 Å². The van der Waals surface area contributed by atoms with Crippen molar-refractivity contribution >= 4 is 7.37 Å². The molecule has 0 aromatic carbocycles. The zero-order valence-electron chi connectivity index (χ0n) is 9.08. The van der Waals surface area contributed by atoms with Crippen molar-refractivity contribution in [2.24, 2.45) is 0 Å². The third kappa shape index (κ3) is 6.17. The molecule has 82 valence electrons. The first-order chi connectivity index (χ1) is 6.68. The molecular weight excluding hydrogens is 195 g/mol. The Morgan fingerprint density at radius 1 is 1.21 bits per heavy atom. The molecule has 0 atom stereocenters. The predicted molar refractivity (Wildman–Crippen MR) is 63.2 cm³/mol. The van der Waals surface area contributed by atoms with Crippen molar-refractivity contribution in [2.45, 2.75) is 26.2 Å². The van der Waals surface area contributed by atoms with Crippen LogP contribution in [0.3, 0.4) is 0 Å². The molecule has 0 saturated heterocycles. The van der Waals surface area contributed by atoms with Gasteiger partial charge in [0, 0.05) is 12.3 Å². The molecule has 0 spiro atoms. The first-order valence-corrected chi connectivity index (χ1v) is 7.12. The van der Waals surface area contributed by atoms with Gasteiger partial charge in [0.1, 0.15) is 0 Å². The third-order valence-electron chi connectivity index (χ3n) is 1.89. The van der Waals surface area contributed by atoms with Crippen LogP contribution in [0.15, 0.2) is 25.3 Å². The molecule has 0 bridgehead atoms. The van der Waals surface area contributed by atoms with Gasteiger partial charge in [0.05, 0.1) is 6.61 Å². The highest BCUT2D eigenvalue weighted by atomic mass is 31.2. The van der Waals surface area contributed by atoms with E-state index in [1.807, 2.05) is 0 Å². The van der Waals surface area contributed by atoms with E-state index in [9.17, 15) is 4.57 Å². The van der Waals surface area contributed by atoms with Gasteiger partial charge in [-0.15, -0.1) is 13.2 Å². The Morgan fingerprint density at radius 2 is 1.79 bits per heavy atom. The summed E-state index contributed by atoms with van der Waals surface area (Å²) in [7, 11) is -2.50. The molecule has 3 heteroatoms. The Kier molecular flexibility index (Phi) is 7.83. The lowest BCUT2D eigenvalue weighted by Gasteiger charge is -2.14. The Bertz CT molecular complexity index is 197. The van der Waals surface area contributed by atoms with E-state index < -0.39 is 7.37 Å². The van der Waals surface area contributed by atoms with Crippen molar-refractivity contribution in [1.82, 2.24) is 0 Å². The van der Waals surface area contributed by atoms with Crippen molar-refractivity contribution in [1.29, 1.82) is 0 Å². The van der Waals surface area contributed by atoms with Gasteiger partial charge in [-0.3, -0.25) is 4.57 Å². The summed E-state index contributed by atoms with van der Waals surface area (Å²) in [4.78, 5) is 0. The van der Waals surface area contributed by atoms with Gasteiger partial charge >= 0.3 is 0 Å². The zero-order chi connectivity index (χ0) is 10.9. The molecule has 0 aliphatic rings. The number of hydrogen-bond donors (Lipinski definition) is 0. The average molecular weight is 216 g/mol. The maximum Gasteiger partial charge on any atom is 0.210 e. The summed E-state index contributed by atoms with van der Waals surface area (Å²) in [6, 6.07) is 0. The molecule has 0 N–H and O–H groups in total. The molecule has 0 saturated carbocycles. The first kappa shape index (κ1) is 13.7. The predicted octanol–water partition coefficient (Wildman–Crippen LogP) is 3.84. The highest BCUT2D eigenvalue weighted by Gasteiger charge is 2.18. The smallest absolute Gasteiger partial charge is 0.210 e. The Labute approximate surface area is 87.5 Å². The summed E-state index contributed by atoms with van der Waals surface area (Å²) in [5, 5.41) is 0. The molecule has 0 aliphatic heterocycles. The minimum Gasteiger partial charge on any atom is -0.328 e. The largest absolute Gasteiger partial charge is 0.328 e. The fraction of sp³-hybridized carbons (Fsp3) is 0.636. The Balaban J connectivity index is 3.89. The molecule has 0 fully saturated rings. The van der Waals surface area contributed by atoms with Crippen LogP contribution < -0.4 is 0 Å². The van der Waals surface area contributed by atoms with Crippen LogP contribution in [-0.2, 0) is 9.09 Å². The van der Waals surface area contributed by atoms with Crippen LogP contribution in [0.2, 0.25) is 0 Å². The summed E-state index contributed by atoms with van der Waals surface area (Å²) in [5.41, 5.74) is 0. The number of unbranched alkanes of at least 4 members (excludes halogenated alkanes) is 2. The molecule has 0 aromatic heterocycles. The van der Waals surface area contributed by atoms with E-state index in [1.165, 1.54) is 0 Å². The van der Waals surface area contributed by atoms with Gasteiger partial charge < -0.3 is 4.52 Å². The standard InChI is InChI=1S/C11H21O2P/c1-4-7-8-9-13-14(12,10-5-2)11-6-3/h5-6H,2-4,7-11H2,1H3. The SMILES string of the molecule is C=CCP(=O)(CC=C)OCCCCC. The van der Waals surface area contributed by atoms with E-state index >= 15 is 0 Å². The summed E-state index contributed by atoms with van der Waals surface area (Å²) < 4.78 is 17.4. The van der Waals surface area contributed by atoms with Crippen LogP contribution in [-0.4, -0.2) is 18.9 Å². The molecule has 2 nitrogen and oxygen atoms in total. The molecule has 0 radical (unpaired) electrons. The highest BCUT2D eigenvalue weighted by molar-refractivity contribution is 7.59. The van der Waals surface area contributed by atoms with Gasteiger partial charge in [-0.1, -0.05) is 31.9 Å². The maximum atomic E-state index is 12.0. The number of hydrogen-bond acceptors (Lipinski definition) is 2. The summed E-state index contributed by atoms with van der Waals surface area (Å²) >= 11 is 0. The van der Waals surface area contributed by atoms with Crippen LogP contribution >= 0.6 is 7.37 Å². The normalized spacial score (nSPS) is 11.2. The second kappa shape index (κ2) is 8.02.